The quantitative estimate of drug-likeness (QED) is 0.193. The molecule has 0 bridgehead atoms. The van der Waals surface area contributed by atoms with Crippen LogP contribution in [0.2, 0.25) is 0 Å². The van der Waals surface area contributed by atoms with E-state index in [4.69, 9.17) is 9.47 Å². The molecule has 2 fully saturated rings. The molecule has 49 heavy (non-hydrogen) atoms. The first-order chi connectivity index (χ1) is 23.2. The van der Waals surface area contributed by atoms with E-state index >= 15 is 0 Å². The van der Waals surface area contributed by atoms with Crippen molar-refractivity contribution >= 4 is 18.1 Å². The van der Waals surface area contributed by atoms with Gasteiger partial charge < -0.3 is 24.2 Å². The number of amides is 2. The summed E-state index contributed by atoms with van der Waals surface area (Å²) in [6, 6.07) is 0.315. The summed E-state index contributed by atoms with van der Waals surface area (Å²) >= 11 is 0. The Morgan fingerprint density at radius 1 is 0.959 bits per heavy atom. The Hall–Kier alpha value is -4.57. The number of carbonyl (C=O) groups excluding carboxylic acids is 2. The summed E-state index contributed by atoms with van der Waals surface area (Å²) < 4.78 is 94.4. The van der Waals surface area contributed by atoms with E-state index in [-0.39, 0.29) is 55.9 Å². The minimum atomic E-state index is -5.02. The fourth-order valence-corrected chi connectivity index (χ4v) is 6.28. The highest BCUT2D eigenvalue weighted by atomic mass is 19.4. The van der Waals surface area contributed by atoms with E-state index in [9.17, 15) is 35.9 Å². The van der Waals surface area contributed by atoms with Gasteiger partial charge in [-0.05, 0) is 56.4 Å². The van der Waals surface area contributed by atoms with Crippen molar-refractivity contribution in [2.24, 2.45) is 7.05 Å². The van der Waals surface area contributed by atoms with E-state index in [1.54, 1.807) is 45.7 Å². The van der Waals surface area contributed by atoms with Gasteiger partial charge in [0.1, 0.15) is 6.10 Å². The number of ether oxygens (including phenoxy) is 2. The van der Waals surface area contributed by atoms with Crippen LogP contribution >= 0.6 is 0 Å². The fourth-order valence-electron chi connectivity index (χ4n) is 6.28. The number of carbonyl (C=O) groups is 2. The number of rotatable bonds is 8. The predicted molar refractivity (Wildman–Crippen MR) is 164 cm³/mol. The molecule has 3 aromatic rings. The van der Waals surface area contributed by atoms with E-state index in [1.807, 2.05) is 6.92 Å². The third-order valence-corrected chi connectivity index (χ3v) is 8.66. The predicted octanol–water partition coefficient (Wildman–Crippen LogP) is 6.53. The van der Waals surface area contributed by atoms with E-state index in [1.165, 1.54) is 12.4 Å². The van der Waals surface area contributed by atoms with Gasteiger partial charge in [-0.2, -0.15) is 31.4 Å². The zero-order valence-electron chi connectivity index (χ0n) is 27.2. The van der Waals surface area contributed by atoms with Crippen LogP contribution in [0.4, 0.5) is 41.9 Å². The van der Waals surface area contributed by atoms with Gasteiger partial charge in [-0.3, -0.25) is 4.68 Å². The summed E-state index contributed by atoms with van der Waals surface area (Å²) in [5.41, 5.74) is -1.78. The molecule has 0 unspecified atom stereocenters. The molecule has 3 atom stereocenters. The van der Waals surface area contributed by atoms with E-state index < -0.39 is 41.8 Å². The third kappa shape index (κ3) is 8.54. The number of piperidine rings is 1. The smallest absolute Gasteiger partial charge is 0.435 e. The van der Waals surface area contributed by atoms with Gasteiger partial charge in [-0.1, -0.05) is 6.92 Å². The van der Waals surface area contributed by atoms with Crippen LogP contribution in [0.5, 0.6) is 0 Å². The topological polar surface area (TPSA) is 106 Å². The minimum Gasteiger partial charge on any atom is -0.435 e. The van der Waals surface area contributed by atoms with E-state index in [2.05, 4.69) is 15.1 Å². The Bertz CT molecular complexity index is 1580. The van der Waals surface area contributed by atoms with E-state index in [0.29, 0.717) is 55.5 Å². The SMILES string of the molecule is CCOC(=O)O[C@H]1CCCN(C(=O)N2C[C@@H](N(Cc3cc(C(F)(F)F)cc(C(F)(F)F)c3)c3ncc(-c4cnn(C)c4)cn3)C[C@H]2CC)C1. The molecule has 0 saturated carbocycles. The summed E-state index contributed by atoms with van der Waals surface area (Å²) in [5, 5.41) is 4.13. The van der Waals surface area contributed by atoms with Gasteiger partial charge >= 0.3 is 24.5 Å². The lowest BCUT2D eigenvalue weighted by molar-refractivity contribution is -0.143. The molecule has 1 aromatic carbocycles. The van der Waals surface area contributed by atoms with Crippen LogP contribution in [0.15, 0.2) is 43.0 Å². The molecule has 0 aliphatic carbocycles. The molecular weight excluding hydrogens is 660 g/mol. The summed E-state index contributed by atoms with van der Waals surface area (Å²) in [6.07, 6.45) is -3.01. The first kappa shape index (κ1) is 35.7. The van der Waals surface area contributed by atoms with E-state index in [0.717, 1.165) is 0 Å². The van der Waals surface area contributed by atoms with Gasteiger partial charge in [-0.25, -0.2) is 19.6 Å². The number of halogens is 6. The zero-order chi connectivity index (χ0) is 35.5. The fraction of sp³-hybridized carbons (Fsp3) is 0.531. The lowest BCUT2D eigenvalue weighted by atomic mass is 10.0. The number of hydrogen-bond donors (Lipinski definition) is 0. The van der Waals surface area contributed by atoms with Crippen LogP contribution in [0.3, 0.4) is 0 Å². The molecule has 11 nitrogen and oxygen atoms in total. The molecule has 2 aromatic heterocycles. The normalized spacial score (nSPS) is 20.0. The van der Waals surface area contributed by atoms with Crippen molar-refractivity contribution in [2.75, 3.05) is 31.1 Å². The Kier molecular flexibility index (Phi) is 10.6. The largest absolute Gasteiger partial charge is 0.508 e. The van der Waals surface area contributed by atoms with Crippen LogP contribution in [0, 0.1) is 0 Å². The molecule has 2 aliphatic heterocycles. The molecule has 0 spiro atoms. The monoisotopic (exact) mass is 697 g/mol. The van der Waals surface area contributed by atoms with Crippen molar-refractivity contribution < 1.29 is 45.4 Å². The lowest BCUT2D eigenvalue weighted by Gasteiger charge is -2.36. The highest BCUT2D eigenvalue weighted by Crippen LogP contribution is 2.38. The lowest BCUT2D eigenvalue weighted by Crippen LogP contribution is -2.51. The molecule has 266 valence electrons. The second kappa shape index (κ2) is 14.5. The van der Waals surface area contributed by atoms with Gasteiger partial charge in [-0.15, -0.1) is 0 Å². The number of benzene rings is 1. The second-order valence-electron chi connectivity index (χ2n) is 12.1. The summed E-state index contributed by atoms with van der Waals surface area (Å²) in [4.78, 5) is 39.5. The minimum absolute atomic E-state index is 0.0774. The van der Waals surface area contributed by atoms with Crippen molar-refractivity contribution in [3.63, 3.8) is 0 Å². The molecular formula is C32H37F6N7O4. The molecule has 0 radical (unpaired) electrons. The van der Waals surface area contributed by atoms with Gasteiger partial charge in [0.15, 0.2) is 0 Å². The average molecular weight is 698 g/mol. The maximum Gasteiger partial charge on any atom is 0.508 e. The van der Waals surface area contributed by atoms with Crippen molar-refractivity contribution in [1.82, 2.24) is 29.5 Å². The van der Waals surface area contributed by atoms with Gasteiger partial charge in [0.25, 0.3) is 0 Å². The highest BCUT2D eigenvalue weighted by Gasteiger charge is 2.42. The number of urea groups is 1. The van der Waals surface area contributed by atoms with Crippen molar-refractivity contribution in [2.45, 2.75) is 76.6 Å². The molecule has 17 heteroatoms. The zero-order valence-corrected chi connectivity index (χ0v) is 27.2. The van der Waals surface area contributed by atoms with Crippen molar-refractivity contribution in [3.05, 3.63) is 59.7 Å². The average Bonchev–Trinajstić information content (AvgIpc) is 3.69. The number of nitrogens with zero attached hydrogens (tertiary/aromatic N) is 7. The number of anilines is 1. The molecule has 2 amide bonds. The summed E-state index contributed by atoms with van der Waals surface area (Å²) in [7, 11) is 1.74. The number of aryl methyl sites for hydroxylation is 1. The first-order valence-corrected chi connectivity index (χ1v) is 15.9. The van der Waals surface area contributed by atoms with Crippen LogP contribution < -0.4 is 4.90 Å². The standard InChI is InChI=1S/C32H37F6N7O4/c1-4-25-12-26(18-45(25)29(46)43-8-6-7-27(19-43)49-30(47)48-5-2)44(28-39-13-21(14-40-28)22-15-41-42(3)17-22)16-20-9-23(31(33,34)35)11-24(10-20)32(36,37)38/h9-11,13-15,17,25-27H,4-8,12,16,18-19H2,1-3H3/t25-,26+,27+/m1/s1. The van der Waals surface area contributed by atoms with Gasteiger partial charge in [0.2, 0.25) is 5.95 Å². The molecule has 5 rings (SSSR count). The first-order valence-electron chi connectivity index (χ1n) is 15.9. The maximum atomic E-state index is 13.9. The van der Waals surface area contributed by atoms with Gasteiger partial charge in [0.05, 0.1) is 36.5 Å². The highest BCUT2D eigenvalue weighted by molar-refractivity contribution is 5.75. The summed E-state index contributed by atoms with van der Waals surface area (Å²) in [6.45, 7) is 3.98. The van der Waals surface area contributed by atoms with Crippen LogP contribution in [0.25, 0.3) is 11.1 Å². The van der Waals surface area contributed by atoms with Crippen LogP contribution in [-0.4, -0.2) is 86.2 Å². The van der Waals surface area contributed by atoms with Crippen LogP contribution in [-0.2, 0) is 35.4 Å². The van der Waals surface area contributed by atoms with Crippen molar-refractivity contribution in [1.29, 1.82) is 0 Å². The number of likely N-dealkylation sites (tertiary alicyclic amines) is 2. The Labute approximate surface area is 278 Å². The Morgan fingerprint density at radius 2 is 1.63 bits per heavy atom. The molecule has 4 heterocycles. The van der Waals surface area contributed by atoms with Gasteiger partial charge in [0, 0.05) is 62.4 Å². The number of alkyl halides is 6. The Balaban J connectivity index is 1.45. The number of aromatic nitrogens is 4. The molecule has 2 aliphatic rings. The Morgan fingerprint density at radius 3 is 2.20 bits per heavy atom. The second-order valence-corrected chi connectivity index (χ2v) is 12.1. The maximum absolute atomic E-state index is 13.9. The van der Waals surface area contributed by atoms with Crippen LogP contribution in [0.1, 0.15) is 56.2 Å². The molecule has 0 N–H and O–H groups in total. The number of hydrogen-bond acceptors (Lipinski definition) is 8. The summed E-state index contributed by atoms with van der Waals surface area (Å²) in [5.74, 6) is 0.0774. The molecule has 2 saturated heterocycles. The third-order valence-electron chi connectivity index (χ3n) is 8.66. The van der Waals surface area contributed by atoms with Crippen molar-refractivity contribution in [3.8, 4) is 11.1 Å².